The Balaban J connectivity index is 1.68. The molecule has 1 heterocycles. The number of halogens is 1. The molecule has 1 N–H and O–H groups in total. The van der Waals surface area contributed by atoms with Gasteiger partial charge in [0.05, 0.1) is 12.3 Å². The lowest BCUT2D eigenvalue weighted by atomic mass is 9.92. The van der Waals surface area contributed by atoms with E-state index < -0.39 is 5.97 Å². The molecule has 0 spiro atoms. The third-order valence-electron chi connectivity index (χ3n) is 4.56. The molecule has 0 radical (unpaired) electrons. The molecular formula is C16H18INO3. The first kappa shape index (κ1) is 14.8. The van der Waals surface area contributed by atoms with Crippen LogP contribution in [0.5, 0.6) is 0 Å². The number of nitrogens with zero attached hydrogens (tertiary/aromatic N) is 1. The number of carboxylic acid groups (broad SMARTS) is 1. The minimum absolute atomic E-state index is 0.0496. The minimum Gasteiger partial charge on any atom is -0.481 e. The Morgan fingerprint density at radius 2 is 1.95 bits per heavy atom. The van der Waals surface area contributed by atoms with Gasteiger partial charge in [0.1, 0.15) is 0 Å². The Morgan fingerprint density at radius 1 is 1.24 bits per heavy atom. The molecule has 0 aromatic heterocycles. The van der Waals surface area contributed by atoms with Crippen LogP contribution in [0.1, 0.15) is 18.4 Å². The van der Waals surface area contributed by atoms with Crippen LogP contribution in [0.2, 0.25) is 0 Å². The molecule has 1 amide bonds. The van der Waals surface area contributed by atoms with Crippen molar-refractivity contribution in [1.82, 2.24) is 4.90 Å². The number of carbonyl (C=O) groups is 2. The van der Waals surface area contributed by atoms with Gasteiger partial charge in [0, 0.05) is 16.7 Å². The summed E-state index contributed by atoms with van der Waals surface area (Å²) in [5.74, 6) is -0.414. The SMILES string of the molecule is O=C(O)[C@H]1CN(C(=O)Cc2ccccc2I)C[C@@H]1C1CC1. The number of benzene rings is 1. The molecule has 1 aromatic rings. The highest BCUT2D eigenvalue weighted by Gasteiger charge is 2.46. The molecule has 112 valence electrons. The summed E-state index contributed by atoms with van der Waals surface area (Å²) in [6.45, 7) is 0.989. The third-order valence-corrected chi connectivity index (χ3v) is 5.61. The molecule has 0 unspecified atom stereocenters. The molecule has 21 heavy (non-hydrogen) atoms. The van der Waals surface area contributed by atoms with Crippen LogP contribution in [0, 0.1) is 21.3 Å². The van der Waals surface area contributed by atoms with Crippen molar-refractivity contribution in [2.45, 2.75) is 19.3 Å². The van der Waals surface area contributed by atoms with Gasteiger partial charge in [-0.2, -0.15) is 0 Å². The molecule has 1 aliphatic heterocycles. The standard InChI is InChI=1S/C16H18INO3/c17-14-4-2-1-3-11(14)7-15(19)18-8-12(10-5-6-10)13(9-18)16(20)21/h1-4,10,12-13H,5-9H2,(H,20,21)/t12-,13+/m1/s1. The zero-order valence-electron chi connectivity index (χ0n) is 11.7. The first-order valence-corrected chi connectivity index (χ1v) is 8.38. The lowest BCUT2D eigenvalue weighted by molar-refractivity contribution is -0.142. The number of aliphatic carboxylic acids is 1. The van der Waals surface area contributed by atoms with Gasteiger partial charge in [0.15, 0.2) is 0 Å². The van der Waals surface area contributed by atoms with E-state index in [1.165, 1.54) is 0 Å². The molecule has 1 aliphatic carbocycles. The molecular weight excluding hydrogens is 381 g/mol. The largest absolute Gasteiger partial charge is 0.481 e. The summed E-state index contributed by atoms with van der Waals surface area (Å²) < 4.78 is 1.08. The first-order chi connectivity index (χ1) is 10.1. The van der Waals surface area contributed by atoms with Gasteiger partial charge in [-0.25, -0.2) is 0 Å². The Kier molecular flexibility index (Phi) is 4.19. The maximum atomic E-state index is 12.5. The van der Waals surface area contributed by atoms with Gasteiger partial charge in [0.25, 0.3) is 0 Å². The lowest BCUT2D eigenvalue weighted by Gasteiger charge is -2.16. The van der Waals surface area contributed by atoms with E-state index in [0.717, 1.165) is 22.0 Å². The van der Waals surface area contributed by atoms with E-state index in [9.17, 15) is 14.7 Å². The number of carbonyl (C=O) groups excluding carboxylic acids is 1. The number of hydrogen-bond donors (Lipinski definition) is 1. The van der Waals surface area contributed by atoms with Crippen molar-refractivity contribution in [3.63, 3.8) is 0 Å². The summed E-state index contributed by atoms with van der Waals surface area (Å²) in [7, 11) is 0. The maximum absolute atomic E-state index is 12.5. The van der Waals surface area contributed by atoms with Crippen molar-refractivity contribution in [2.75, 3.05) is 13.1 Å². The van der Waals surface area contributed by atoms with Crippen molar-refractivity contribution in [3.05, 3.63) is 33.4 Å². The Hall–Kier alpha value is -1.11. The molecule has 5 heteroatoms. The summed E-state index contributed by atoms with van der Waals surface area (Å²) in [5.41, 5.74) is 1.02. The summed E-state index contributed by atoms with van der Waals surface area (Å²) in [6.07, 6.45) is 2.60. The monoisotopic (exact) mass is 399 g/mol. The Bertz CT molecular complexity index is 570. The predicted octanol–water partition coefficient (Wildman–Crippen LogP) is 2.40. The summed E-state index contributed by atoms with van der Waals surface area (Å²) >= 11 is 2.23. The van der Waals surface area contributed by atoms with Crippen LogP contribution in [0.15, 0.2) is 24.3 Å². The van der Waals surface area contributed by atoms with Crippen molar-refractivity contribution >= 4 is 34.5 Å². The highest BCUT2D eigenvalue weighted by atomic mass is 127. The van der Waals surface area contributed by atoms with E-state index in [-0.39, 0.29) is 17.7 Å². The summed E-state index contributed by atoms with van der Waals surface area (Å²) in [6, 6.07) is 7.83. The third kappa shape index (κ3) is 3.22. The van der Waals surface area contributed by atoms with Gasteiger partial charge in [-0.3, -0.25) is 9.59 Å². The van der Waals surface area contributed by atoms with Crippen molar-refractivity contribution in [3.8, 4) is 0 Å². The molecule has 1 saturated heterocycles. The lowest BCUT2D eigenvalue weighted by Crippen LogP contribution is -2.31. The molecule has 1 saturated carbocycles. The fourth-order valence-electron chi connectivity index (χ4n) is 3.21. The average molecular weight is 399 g/mol. The highest BCUT2D eigenvalue weighted by Crippen LogP contribution is 2.44. The zero-order valence-corrected chi connectivity index (χ0v) is 13.8. The normalized spacial score (nSPS) is 25.1. The second kappa shape index (κ2) is 5.94. The number of likely N-dealkylation sites (tertiary alicyclic amines) is 1. The van der Waals surface area contributed by atoms with Crippen LogP contribution < -0.4 is 0 Å². The van der Waals surface area contributed by atoms with Gasteiger partial charge in [-0.05, 0) is 58.9 Å². The van der Waals surface area contributed by atoms with Gasteiger partial charge >= 0.3 is 5.97 Å². The van der Waals surface area contributed by atoms with E-state index in [1.54, 1.807) is 4.90 Å². The van der Waals surface area contributed by atoms with Crippen molar-refractivity contribution in [2.24, 2.45) is 17.8 Å². The van der Waals surface area contributed by atoms with Crippen LogP contribution in [-0.2, 0) is 16.0 Å². The van der Waals surface area contributed by atoms with Crippen molar-refractivity contribution in [1.29, 1.82) is 0 Å². The van der Waals surface area contributed by atoms with E-state index in [4.69, 9.17) is 0 Å². The molecule has 3 rings (SSSR count). The quantitative estimate of drug-likeness (QED) is 0.792. The smallest absolute Gasteiger partial charge is 0.308 e. The molecule has 2 atom stereocenters. The fourth-order valence-corrected chi connectivity index (χ4v) is 3.79. The first-order valence-electron chi connectivity index (χ1n) is 7.30. The number of hydrogen-bond acceptors (Lipinski definition) is 2. The average Bonchev–Trinajstić information content (AvgIpc) is 3.19. The summed E-state index contributed by atoms with van der Waals surface area (Å²) in [4.78, 5) is 25.6. The van der Waals surface area contributed by atoms with Crippen LogP contribution in [-0.4, -0.2) is 35.0 Å². The van der Waals surface area contributed by atoms with Gasteiger partial charge in [-0.15, -0.1) is 0 Å². The van der Waals surface area contributed by atoms with Gasteiger partial charge < -0.3 is 10.0 Å². The van der Waals surface area contributed by atoms with Crippen molar-refractivity contribution < 1.29 is 14.7 Å². The topological polar surface area (TPSA) is 57.6 Å². The maximum Gasteiger partial charge on any atom is 0.308 e. The summed E-state index contributed by atoms with van der Waals surface area (Å²) in [5, 5.41) is 9.35. The molecule has 2 aliphatic rings. The number of rotatable bonds is 4. The second-order valence-corrected chi connectivity index (χ2v) is 7.18. The Labute approximate surface area is 137 Å². The minimum atomic E-state index is -0.753. The molecule has 2 fully saturated rings. The van der Waals surface area contributed by atoms with E-state index in [2.05, 4.69) is 22.6 Å². The Morgan fingerprint density at radius 3 is 2.57 bits per heavy atom. The van der Waals surface area contributed by atoms with Crippen LogP contribution >= 0.6 is 22.6 Å². The molecule has 0 bridgehead atoms. The zero-order chi connectivity index (χ0) is 15.0. The number of carboxylic acids is 1. The number of amides is 1. The van der Waals surface area contributed by atoms with Crippen LogP contribution in [0.4, 0.5) is 0 Å². The van der Waals surface area contributed by atoms with Crippen LogP contribution in [0.25, 0.3) is 0 Å². The van der Waals surface area contributed by atoms with E-state index in [0.29, 0.717) is 25.4 Å². The van der Waals surface area contributed by atoms with E-state index in [1.807, 2.05) is 24.3 Å². The van der Waals surface area contributed by atoms with Crippen LogP contribution in [0.3, 0.4) is 0 Å². The predicted molar refractivity (Wildman–Crippen MR) is 86.8 cm³/mol. The molecule has 1 aromatic carbocycles. The fraction of sp³-hybridized carbons (Fsp3) is 0.500. The van der Waals surface area contributed by atoms with E-state index >= 15 is 0 Å². The highest BCUT2D eigenvalue weighted by molar-refractivity contribution is 14.1. The van der Waals surface area contributed by atoms with Gasteiger partial charge in [-0.1, -0.05) is 18.2 Å². The second-order valence-electron chi connectivity index (χ2n) is 6.01. The van der Waals surface area contributed by atoms with Gasteiger partial charge in [0.2, 0.25) is 5.91 Å². The molecule has 4 nitrogen and oxygen atoms in total.